The molecule has 0 bridgehead atoms. The lowest BCUT2D eigenvalue weighted by molar-refractivity contribution is -0.0631. The van der Waals surface area contributed by atoms with Gasteiger partial charge in [-0.25, -0.2) is 0 Å². The Morgan fingerprint density at radius 3 is 1.92 bits per heavy atom. The fraction of sp³-hybridized carbons (Fsp3) is 0.400. The topological polar surface area (TPSA) is 88.4 Å². The summed E-state index contributed by atoms with van der Waals surface area (Å²) in [6, 6.07) is 11.7. The molecular formula is C20H22O6. The van der Waals surface area contributed by atoms with Crippen molar-refractivity contribution in [2.75, 3.05) is 26.9 Å². The van der Waals surface area contributed by atoms with Crippen LogP contribution in [0.1, 0.15) is 23.0 Å². The third-order valence-electron chi connectivity index (χ3n) is 5.26. The molecule has 0 saturated heterocycles. The van der Waals surface area contributed by atoms with Gasteiger partial charge in [0.2, 0.25) is 6.29 Å². The first-order valence-electron chi connectivity index (χ1n) is 8.67. The predicted octanol–water partition coefficient (Wildman–Crippen LogP) is 1.62. The van der Waals surface area contributed by atoms with Crippen molar-refractivity contribution in [3.05, 3.63) is 47.5 Å². The average molecular weight is 358 g/mol. The van der Waals surface area contributed by atoms with Gasteiger partial charge in [-0.05, 0) is 23.3 Å². The Kier molecular flexibility index (Phi) is 4.58. The summed E-state index contributed by atoms with van der Waals surface area (Å²) < 4.78 is 16.9. The zero-order valence-corrected chi connectivity index (χ0v) is 14.5. The molecule has 4 rings (SSSR count). The number of benzene rings is 2. The normalized spacial score (nSPS) is 26.2. The van der Waals surface area contributed by atoms with E-state index in [4.69, 9.17) is 14.2 Å². The number of hydrogen-bond donors (Lipinski definition) is 3. The number of methoxy groups -OCH3 is 1. The van der Waals surface area contributed by atoms with E-state index in [1.54, 1.807) is 7.11 Å². The minimum absolute atomic E-state index is 0.0391. The van der Waals surface area contributed by atoms with Crippen molar-refractivity contribution < 1.29 is 29.5 Å². The molecule has 2 aliphatic heterocycles. The highest BCUT2D eigenvalue weighted by molar-refractivity contribution is 5.69. The molecule has 0 aliphatic carbocycles. The van der Waals surface area contributed by atoms with E-state index in [-0.39, 0.29) is 31.7 Å². The van der Waals surface area contributed by atoms with Crippen LogP contribution in [-0.2, 0) is 4.74 Å². The molecule has 0 amide bonds. The van der Waals surface area contributed by atoms with Gasteiger partial charge in [0.15, 0.2) is 0 Å². The van der Waals surface area contributed by atoms with Crippen LogP contribution >= 0.6 is 0 Å². The molecule has 3 N–H and O–H groups in total. The van der Waals surface area contributed by atoms with Crippen molar-refractivity contribution in [2.24, 2.45) is 0 Å². The summed E-state index contributed by atoms with van der Waals surface area (Å²) in [6.07, 6.45) is -0.898. The number of fused-ring (bicyclic) bond motifs is 2. The van der Waals surface area contributed by atoms with E-state index in [1.165, 1.54) is 0 Å². The van der Waals surface area contributed by atoms with Gasteiger partial charge in [0, 0.05) is 18.2 Å². The van der Waals surface area contributed by atoms with Gasteiger partial charge in [0.05, 0.1) is 31.7 Å². The Hall–Kier alpha value is -2.12. The van der Waals surface area contributed by atoms with Crippen LogP contribution < -0.4 is 9.47 Å². The number of aliphatic hydroxyl groups excluding tert-OH is 3. The zero-order valence-electron chi connectivity index (χ0n) is 14.5. The van der Waals surface area contributed by atoms with Crippen LogP contribution in [0.15, 0.2) is 36.4 Å². The molecule has 4 unspecified atom stereocenters. The quantitative estimate of drug-likeness (QED) is 0.753. The van der Waals surface area contributed by atoms with Crippen LogP contribution in [0, 0.1) is 0 Å². The van der Waals surface area contributed by atoms with Crippen molar-refractivity contribution in [1.82, 2.24) is 0 Å². The van der Waals surface area contributed by atoms with Gasteiger partial charge in [-0.2, -0.15) is 0 Å². The van der Waals surface area contributed by atoms with E-state index in [0.29, 0.717) is 11.5 Å². The van der Waals surface area contributed by atoms with E-state index in [9.17, 15) is 15.3 Å². The molecule has 0 spiro atoms. The summed E-state index contributed by atoms with van der Waals surface area (Å²) in [4.78, 5) is 0. The van der Waals surface area contributed by atoms with Crippen LogP contribution in [0.5, 0.6) is 11.5 Å². The third kappa shape index (κ3) is 2.66. The van der Waals surface area contributed by atoms with E-state index >= 15 is 0 Å². The molecule has 0 saturated carbocycles. The largest absolute Gasteiger partial charge is 0.487 e. The summed E-state index contributed by atoms with van der Waals surface area (Å²) in [6.45, 7) is -0.239. The molecule has 0 fully saturated rings. The second kappa shape index (κ2) is 6.89. The monoisotopic (exact) mass is 358 g/mol. The van der Waals surface area contributed by atoms with Crippen molar-refractivity contribution in [3.8, 4) is 22.6 Å². The first-order valence-corrected chi connectivity index (χ1v) is 8.67. The molecule has 2 aromatic carbocycles. The zero-order chi connectivity index (χ0) is 18.3. The Morgan fingerprint density at radius 2 is 1.38 bits per heavy atom. The van der Waals surface area contributed by atoms with Crippen LogP contribution in [-0.4, -0.2) is 54.6 Å². The lowest BCUT2D eigenvalue weighted by atomic mass is 9.93. The SMILES string of the molecule is COC1Oc2cc(-c3ccc4c(c3)OC(CO)C4CO)ccc2C1CO. The summed E-state index contributed by atoms with van der Waals surface area (Å²) in [5.74, 6) is 0.990. The highest BCUT2D eigenvalue weighted by Gasteiger charge is 2.35. The molecule has 138 valence electrons. The molecule has 0 radical (unpaired) electrons. The smallest absolute Gasteiger partial charge is 0.208 e. The van der Waals surface area contributed by atoms with E-state index in [1.807, 2.05) is 36.4 Å². The standard InChI is InChI=1S/C20H22O6/c1-24-20-16(9-22)14-5-3-12(7-18(14)26-20)11-2-4-13-15(8-21)19(10-23)25-17(13)6-11/h2-7,15-16,19-23H,8-10H2,1H3. The number of rotatable bonds is 5. The van der Waals surface area contributed by atoms with Crippen molar-refractivity contribution in [3.63, 3.8) is 0 Å². The molecular weight excluding hydrogens is 336 g/mol. The van der Waals surface area contributed by atoms with Crippen LogP contribution in [0.4, 0.5) is 0 Å². The van der Waals surface area contributed by atoms with Gasteiger partial charge in [-0.1, -0.05) is 24.3 Å². The summed E-state index contributed by atoms with van der Waals surface area (Å²) in [5, 5.41) is 28.6. The second-order valence-electron chi connectivity index (χ2n) is 6.64. The van der Waals surface area contributed by atoms with Crippen LogP contribution in [0.2, 0.25) is 0 Å². The average Bonchev–Trinajstić information content (AvgIpc) is 3.23. The molecule has 2 heterocycles. The Balaban J connectivity index is 1.67. The van der Waals surface area contributed by atoms with Gasteiger partial charge in [0.25, 0.3) is 0 Å². The molecule has 4 atom stereocenters. The highest BCUT2D eigenvalue weighted by atomic mass is 16.7. The summed E-state index contributed by atoms with van der Waals surface area (Å²) in [7, 11) is 1.56. The van der Waals surface area contributed by atoms with Crippen LogP contribution in [0.3, 0.4) is 0 Å². The Morgan fingerprint density at radius 1 is 0.808 bits per heavy atom. The van der Waals surface area contributed by atoms with Crippen LogP contribution in [0.25, 0.3) is 11.1 Å². The number of hydrogen-bond acceptors (Lipinski definition) is 6. The number of ether oxygens (including phenoxy) is 3. The Bertz CT molecular complexity index is 737. The van der Waals surface area contributed by atoms with E-state index in [2.05, 4.69) is 0 Å². The van der Waals surface area contributed by atoms with Gasteiger partial charge >= 0.3 is 0 Å². The lowest BCUT2D eigenvalue weighted by Gasteiger charge is -2.14. The molecule has 2 aromatic rings. The fourth-order valence-corrected chi connectivity index (χ4v) is 3.82. The predicted molar refractivity (Wildman–Crippen MR) is 94.5 cm³/mol. The van der Waals surface area contributed by atoms with Gasteiger partial charge in [-0.3, -0.25) is 0 Å². The second-order valence-corrected chi connectivity index (χ2v) is 6.64. The maximum atomic E-state index is 9.59. The van der Waals surface area contributed by atoms with Gasteiger partial charge in [0.1, 0.15) is 17.6 Å². The number of aliphatic hydroxyl groups is 3. The van der Waals surface area contributed by atoms with Gasteiger partial charge < -0.3 is 29.5 Å². The summed E-state index contributed by atoms with van der Waals surface area (Å²) >= 11 is 0. The maximum Gasteiger partial charge on any atom is 0.208 e. The third-order valence-corrected chi connectivity index (χ3v) is 5.26. The maximum absolute atomic E-state index is 9.59. The lowest BCUT2D eigenvalue weighted by Crippen LogP contribution is -2.25. The first-order chi connectivity index (χ1) is 12.7. The molecule has 0 aromatic heterocycles. The fourth-order valence-electron chi connectivity index (χ4n) is 3.82. The van der Waals surface area contributed by atoms with Crippen molar-refractivity contribution >= 4 is 0 Å². The van der Waals surface area contributed by atoms with Crippen molar-refractivity contribution in [2.45, 2.75) is 24.2 Å². The molecule has 6 nitrogen and oxygen atoms in total. The Labute approximate surface area is 151 Å². The summed E-state index contributed by atoms with van der Waals surface area (Å²) in [5.41, 5.74) is 3.75. The first kappa shape index (κ1) is 17.3. The van der Waals surface area contributed by atoms with E-state index < -0.39 is 12.4 Å². The molecule has 26 heavy (non-hydrogen) atoms. The van der Waals surface area contributed by atoms with Gasteiger partial charge in [-0.15, -0.1) is 0 Å². The van der Waals surface area contributed by atoms with Crippen molar-refractivity contribution in [1.29, 1.82) is 0 Å². The molecule has 2 aliphatic rings. The minimum Gasteiger partial charge on any atom is -0.487 e. The minimum atomic E-state index is -0.482. The highest BCUT2D eigenvalue weighted by Crippen LogP contribution is 2.43. The van der Waals surface area contributed by atoms with E-state index in [0.717, 1.165) is 22.3 Å². The molecule has 6 heteroatoms.